The monoisotopic (exact) mass is 651 g/mol. The first-order chi connectivity index (χ1) is 20.2. The van der Waals surface area contributed by atoms with E-state index in [1.807, 2.05) is 0 Å². The third kappa shape index (κ3) is 11.0. The second-order valence-corrected chi connectivity index (χ2v) is 12.1. The number of halogens is 4. The number of hydrogen-bond donors (Lipinski definition) is 2. The molecule has 0 aliphatic heterocycles. The molecule has 0 saturated carbocycles. The molecule has 5 nitrogen and oxygen atoms in total. The fourth-order valence-electron chi connectivity index (χ4n) is 4.81. The van der Waals surface area contributed by atoms with Crippen LogP contribution in [0.3, 0.4) is 0 Å². The zero-order chi connectivity index (χ0) is 30.5. The number of aliphatic carboxylic acids is 1. The summed E-state index contributed by atoms with van der Waals surface area (Å²) in [5.41, 5.74) is 2.40. The number of hydrogen-bond acceptors (Lipinski definition) is 3. The van der Waals surface area contributed by atoms with Gasteiger partial charge >= 0.3 is 5.97 Å². The zero-order valence-electron chi connectivity index (χ0n) is 23.8. The molecule has 3 aromatic carbocycles. The molecule has 0 saturated heterocycles. The van der Waals surface area contributed by atoms with Crippen LogP contribution in [0.25, 0.3) is 22.3 Å². The number of rotatable bonds is 17. The smallest absolute Gasteiger partial charge is 0.341 e. The highest BCUT2D eigenvalue weighted by atomic mass is 35.5. The van der Waals surface area contributed by atoms with Gasteiger partial charge in [0.15, 0.2) is 6.61 Å². The molecule has 1 amide bonds. The van der Waals surface area contributed by atoms with E-state index in [9.17, 15) is 14.7 Å². The summed E-state index contributed by atoms with van der Waals surface area (Å²) < 4.78 is 5.80. The predicted octanol–water partition coefficient (Wildman–Crippen LogP) is 10.7. The van der Waals surface area contributed by atoms with Crippen molar-refractivity contribution in [3.05, 3.63) is 74.2 Å². The number of amides is 1. The molecule has 0 aromatic heterocycles. The van der Waals surface area contributed by atoms with Crippen LogP contribution in [0.4, 0.5) is 0 Å². The highest BCUT2D eigenvalue weighted by molar-refractivity contribution is 6.35. The van der Waals surface area contributed by atoms with Crippen LogP contribution in [0, 0.1) is 0 Å². The lowest BCUT2D eigenvalue weighted by molar-refractivity contribution is -0.139. The molecular weight excluding hydrogens is 616 g/mol. The second-order valence-electron chi connectivity index (χ2n) is 10.3. The van der Waals surface area contributed by atoms with Gasteiger partial charge in [-0.25, -0.2) is 4.79 Å². The normalized spacial score (nSPS) is 11.0. The van der Waals surface area contributed by atoms with E-state index < -0.39 is 12.6 Å². The molecule has 3 rings (SSSR count). The van der Waals surface area contributed by atoms with Crippen molar-refractivity contribution >= 4 is 58.3 Å². The van der Waals surface area contributed by atoms with Crippen LogP contribution in [0.2, 0.25) is 20.1 Å². The summed E-state index contributed by atoms with van der Waals surface area (Å²) in [5.74, 6) is -1.18. The van der Waals surface area contributed by atoms with Gasteiger partial charge < -0.3 is 15.2 Å². The summed E-state index contributed by atoms with van der Waals surface area (Å²) in [5, 5.41) is 13.9. The number of nitrogens with one attached hydrogen (secondary N) is 1. The molecule has 0 fully saturated rings. The first-order valence-corrected chi connectivity index (χ1v) is 15.9. The predicted molar refractivity (Wildman–Crippen MR) is 175 cm³/mol. The van der Waals surface area contributed by atoms with Crippen molar-refractivity contribution in [2.45, 2.75) is 71.1 Å². The largest absolute Gasteiger partial charge is 0.481 e. The van der Waals surface area contributed by atoms with Crippen LogP contribution in [-0.4, -0.2) is 30.1 Å². The van der Waals surface area contributed by atoms with Crippen molar-refractivity contribution in [2.24, 2.45) is 0 Å². The summed E-state index contributed by atoms with van der Waals surface area (Å²) in [6.07, 6.45) is 12.1. The van der Waals surface area contributed by atoms with E-state index in [4.69, 9.17) is 51.1 Å². The Morgan fingerprint density at radius 1 is 0.667 bits per heavy atom. The molecule has 9 heteroatoms. The number of carboxylic acid groups (broad SMARTS) is 1. The molecule has 0 heterocycles. The van der Waals surface area contributed by atoms with Crippen LogP contribution in [0.15, 0.2) is 48.5 Å². The molecule has 0 unspecified atom stereocenters. The number of benzene rings is 3. The van der Waals surface area contributed by atoms with Crippen molar-refractivity contribution in [2.75, 3.05) is 13.2 Å². The van der Waals surface area contributed by atoms with Crippen molar-refractivity contribution in [1.29, 1.82) is 0 Å². The van der Waals surface area contributed by atoms with Gasteiger partial charge in [0.2, 0.25) is 0 Å². The molecule has 0 bridgehead atoms. The Balaban J connectivity index is 1.85. The quantitative estimate of drug-likeness (QED) is 0.142. The molecule has 0 aliphatic rings. The highest BCUT2D eigenvalue weighted by Crippen LogP contribution is 2.43. The summed E-state index contributed by atoms with van der Waals surface area (Å²) >= 11 is 25.2. The molecule has 0 spiro atoms. The molecule has 0 atom stereocenters. The summed E-state index contributed by atoms with van der Waals surface area (Å²) in [6, 6.07) is 13.2. The Morgan fingerprint density at radius 3 is 1.52 bits per heavy atom. The maximum Gasteiger partial charge on any atom is 0.341 e. The lowest BCUT2D eigenvalue weighted by atomic mass is 9.94. The Hall–Kier alpha value is -2.44. The molecular formula is C33H37Cl4NO4. The van der Waals surface area contributed by atoms with Crippen LogP contribution in [-0.2, 0) is 4.79 Å². The molecule has 0 radical (unpaired) electrons. The van der Waals surface area contributed by atoms with Gasteiger partial charge in [-0.05, 0) is 66.1 Å². The minimum atomic E-state index is -1.15. The molecule has 0 aliphatic carbocycles. The maximum atomic E-state index is 13.4. The molecule has 3 aromatic rings. The standard InChI is InChI=1S/C33H37Cl4NO4/c1-2-3-4-5-6-7-8-9-10-11-12-38-33(41)24-17-29(22-13-25(34)19-26(35)14-22)32(42-21-31(39)40)30(18-24)23-15-27(36)20-28(37)16-23/h13-20H,2-12,21H2,1H3,(H,38,41)(H,39,40). The van der Waals surface area contributed by atoms with E-state index in [0.29, 0.717) is 54.5 Å². The van der Waals surface area contributed by atoms with E-state index in [2.05, 4.69) is 12.2 Å². The van der Waals surface area contributed by atoms with Crippen molar-refractivity contribution < 1.29 is 19.4 Å². The van der Waals surface area contributed by atoms with Crippen LogP contribution in [0.1, 0.15) is 81.5 Å². The third-order valence-corrected chi connectivity index (χ3v) is 7.73. The number of carboxylic acids is 1. The molecule has 226 valence electrons. The fourth-order valence-corrected chi connectivity index (χ4v) is 5.87. The van der Waals surface area contributed by atoms with E-state index >= 15 is 0 Å². The number of carbonyl (C=O) groups excluding carboxylic acids is 1. The van der Waals surface area contributed by atoms with Gasteiger partial charge in [-0.3, -0.25) is 4.79 Å². The maximum absolute atomic E-state index is 13.4. The van der Waals surface area contributed by atoms with Gasteiger partial charge in [-0.15, -0.1) is 0 Å². The first-order valence-electron chi connectivity index (χ1n) is 14.4. The fraction of sp³-hybridized carbons (Fsp3) is 0.394. The van der Waals surface area contributed by atoms with Gasteiger partial charge in [0, 0.05) is 43.3 Å². The average Bonchev–Trinajstić information content (AvgIpc) is 2.93. The Labute approximate surface area is 268 Å². The minimum absolute atomic E-state index is 0.236. The third-order valence-electron chi connectivity index (χ3n) is 6.85. The van der Waals surface area contributed by atoms with Crippen molar-refractivity contribution in [3.63, 3.8) is 0 Å². The Kier molecular flexibility index (Phi) is 14.3. The van der Waals surface area contributed by atoms with Gasteiger partial charge in [0.25, 0.3) is 5.91 Å². The highest BCUT2D eigenvalue weighted by Gasteiger charge is 2.21. The Morgan fingerprint density at radius 2 is 1.10 bits per heavy atom. The first kappa shape index (κ1) is 34.1. The molecule has 42 heavy (non-hydrogen) atoms. The SMILES string of the molecule is CCCCCCCCCCCCNC(=O)c1cc(-c2cc(Cl)cc(Cl)c2)c(OCC(=O)O)c(-c2cc(Cl)cc(Cl)c2)c1. The van der Waals surface area contributed by atoms with Crippen molar-refractivity contribution in [1.82, 2.24) is 5.32 Å². The minimum Gasteiger partial charge on any atom is -0.481 e. The van der Waals surface area contributed by atoms with Gasteiger partial charge in [-0.2, -0.15) is 0 Å². The zero-order valence-corrected chi connectivity index (χ0v) is 26.8. The average molecular weight is 653 g/mol. The van der Waals surface area contributed by atoms with E-state index in [0.717, 1.165) is 19.3 Å². The van der Waals surface area contributed by atoms with E-state index in [1.54, 1.807) is 48.5 Å². The summed E-state index contributed by atoms with van der Waals surface area (Å²) in [4.78, 5) is 24.8. The van der Waals surface area contributed by atoms with Crippen LogP contribution in [0.5, 0.6) is 5.75 Å². The van der Waals surface area contributed by atoms with Gasteiger partial charge in [0.1, 0.15) is 5.75 Å². The van der Waals surface area contributed by atoms with E-state index in [1.165, 1.54) is 44.9 Å². The second kappa shape index (κ2) is 17.6. The van der Waals surface area contributed by atoms with Gasteiger partial charge in [0.05, 0.1) is 0 Å². The lowest BCUT2D eigenvalue weighted by Crippen LogP contribution is -2.24. The van der Waals surface area contributed by atoms with Crippen LogP contribution >= 0.6 is 46.4 Å². The summed E-state index contributed by atoms with van der Waals surface area (Å²) in [6.45, 7) is 2.17. The topological polar surface area (TPSA) is 75.6 Å². The van der Waals surface area contributed by atoms with Gasteiger partial charge in [-0.1, -0.05) is 111 Å². The number of unbranched alkanes of at least 4 members (excludes halogenated alkanes) is 9. The Bertz CT molecular complexity index is 1250. The molecule has 2 N–H and O–H groups in total. The van der Waals surface area contributed by atoms with Crippen LogP contribution < -0.4 is 10.1 Å². The lowest BCUT2D eigenvalue weighted by Gasteiger charge is -2.19. The van der Waals surface area contributed by atoms with E-state index in [-0.39, 0.29) is 11.7 Å². The number of ether oxygens (including phenoxy) is 1. The van der Waals surface area contributed by atoms with Crippen molar-refractivity contribution in [3.8, 4) is 28.0 Å². The summed E-state index contributed by atoms with van der Waals surface area (Å²) in [7, 11) is 0. The number of carbonyl (C=O) groups is 2.